The van der Waals surface area contributed by atoms with Crippen LogP contribution in [0.4, 0.5) is 5.82 Å². The van der Waals surface area contributed by atoms with Crippen molar-refractivity contribution in [3.05, 3.63) is 83.9 Å². The van der Waals surface area contributed by atoms with E-state index in [0.717, 1.165) is 5.56 Å². The van der Waals surface area contributed by atoms with Gasteiger partial charge in [0, 0.05) is 0 Å². The molecule has 2 aromatic heterocycles. The number of hydrogen-bond acceptors (Lipinski definition) is 7. The van der Waals surface area contributed by atoms with Crippen molar-refractivity contribution in [3.63, 3.8) is 0 Å². The molecule has 0 aliphatic rings. The maximum Gasteiger partial charge on any atom is 0.212 e. The van der Waals surface area contributed by atoms with Crippen LogP contribution in [0.2, 0.25) is 0 Å². The summed E-state index contributed by atoms with van der Waals surface area (Å²) in [5.41, 5.74) is 9.38. The van der Waals surface area contributed by atoms with E-state index in [1.807, 2.05) is 13.0 Å². The molecule has 0 spiro atoms. The highest BCUT2D eigenvalue weighted by Crippen LogP contribution is 2.35. The molecule has 0 atom stereocenters. The number of benzene rings is 3. The molecule has 0 radical (unpaired) electrons. The summed E-state index contributed by atoms with van der Waals surface area (Å²) in [6, 6.07) is 20.2. The van der Waals surface area contributed by atoms with Gasteiger partial charge in [-0.2, -0.15) is 9.78 Å². The van der Waals surface area contributed by atoms with Crippen LogP contribution in [0.25, 0.3) is 22.2 Å². The van der Waals surface area contributed by atoms with Gasteiger partial charge in [0.2, 0.25) is 9.84 Å². The monoisotopic (exact) mass is 457 g/mol. The van der Waals surface area contributed by atoms with Crippen molar-refractivity contribution in [2.75, 3.05) is 5.73 Å². The Labute approximate surface area is 189 Å². The Bertz CT molecular complexity index is 1660. The second kappa shape index (κ2) is 7.72. The number of fused-ring (bicyclic) bond motifs is 2. The lowest BCUT2D eigenvalue weighted by Gasteiger charge is -2.05. The number of rotatable bonds is 4. The van der Waals surface area contributed by atoms with Gasteiger partial charge in [0.1, 0.15) is 22.0 Å². The third-order valence-electron chi connectivity index (χ3n) is 5.22. The Hall–Kier alpha value is -4.24. The fourth-order valence-corrected chi connectivity index (χ4v) is 5.05. The van der Waals surface area contributed by atoms with Gasteiger partial charge in [-0.1, -0.05) is 42.0 Å². The number of sulfone groups is 1. The van der Waals surface area contributed by atoms with Gasteiger partial charge in [-0.25, -0.2) is 18.4 Å². The maximum absolute atomic E-state index is 13.6. The molecule has 9 heteroatoms. The molecule has 0 amide bonds. The third-order valence-corrected chi connectivity index (χ3v) is 7.05. The predicted molar refractivity (Wildman–Crippen MR) is 127 cm³/mol. The van der Waals surface area contributed by atoms with Crippen molar-refractivity contribution in [2.45, 2.75) is 16.7 Å². The van der Waals surface area contributed by atoms with Crippen LogP contribution in [-0.4, -0.2) is 34.4 Å². The van der Waals surface area contributed by atoms with Gasteiger partial charge in [0.05, 0.1) is 22.1 Å². The molecule has 5 rings (SSSR count). The highest BCUT2D eigenvalue weighted by Gasteiger charge is 2.30. The van der Waals surface area contributed by atoms with Gasteiger partial charge in [0.15, 0.2) is 5.65 Å². The summed E-state index contributed by atoms with van der Waals surface area (Å²) in [6.07, 6.45) is 1.47. The number of nitrogens with zero attached hydrogens (tertiary/aromatic N) is 4. The lowest BCUT2D eigenvalue weighted by Crippen LogP contribution is -2.06. The first-order valence-corrected chi connectivity index (χ1v) is 11.5. The molecular formula is C24H19N5O3S. The van der Waals surface area contributed by atoms with Crippen LogP contribution in [0, 0.1) is 6.92 Å². The van der Waals surface area contributed by atoms with Crippen molar-refractivity contribution in [1.82, 2.24) is 14.6 Å². The summed E-state index contributed by atoms with van der Waals surface area (Å²) < 4.78 is 28.5. The zero-order valence-corrected chi connectivity index (χ0v) is 18.4. The summed E-state index contributed by atoms with van der Waals surface area (Å²) in [4.78, 5) is 9.14. The zero-order valence-electron chi connectivity index (χ0n) is 17.5. The molecule has 3 N–H and O–H groups in total. The average molecular weight is 458 g/mol. The van der Waals surface area contributed by atoms with Gasteiger partial charge < -0.3 is 10.8 Å². The number of para-hydroxylation sites is 2. The predicted octanol–water partition coefficient (Wildman–Crippen LogP) is 3.90. The molecule has 33 heavy (non-hydrogen) atoms. The van der Waals surface area contributed by atoms with E-state index in [2.05, 4.69) is 15.1 Å². The van der Waals surface area contributed by atoms with Crippen LogP contribution in [-0.2, 0) is 9.84 Å². The van der Waals surface area contributed by atoms with Crippen LogP contribution in [0.1, 0.15) is 11.1 Å². The van der Waals surface area contributed by atoms with Gasteiger partial charge in [-0.15, -0.1) is 0 Å². The van der Waals surface area contributed by atoms with Crippen molar-refractivity contribution >= 4 is 44.1 Å². The molecule has 0 fully saturated rings. The number of aryl methyl sites for hydroxylation is 1. The first kappa shape index (κ1) is 20.7. The van der Waals surface area contributed by atoms with Crippen molar-refractivity contribution < 1.29 is 13.5 Å². The first-order chi connectivity index (χ1) is 15.8. The SMILES string of the molecule is Cc1ccc(S(=O)(=O)c2c(N)n(/N=C/c3cccc(O)c3)c3nc4ccccc4nc23)cc1. The molecule has 0 bridgehead atoms. The molecule has 0 aliphatic carbocycles. The summed E-state index contributed by atoms with van der Waals surface area (Å²) in [7, 11) is -4.01. The summed E-state index contributed by atoms with van der Waals surface area (Å²) in [5, 5.41) is 14.1. The number of aromatic hydroxyl groups is 1. The molecule has 8 nitrogen and oxygen atoms in total. The van der Waals surface area contributed by atoms with E-state index < -0.39 is 9.84 Å². The second-order valence-electron chi connectivity index (χ2n) is 7.57. The van der Waals surface area contributed by atoms with E-state index in [4.69, 9.17) is 5.73 Å². The lowest BCUT2D eigenvalue weighted by molar-refractivity contribution is 0.475. The van der Waals surface area contributed by atoms with E-state index in [1.165, 1.54) is 29.1 Å². The minimum atomic E-state index is -4.01. The van der Waals surface area contributed by atoms with Gasteiger partial charge in [-0.3, -0.25) is 0 Å². The quantitative estimate of drug-likeness (QED) is 0.395. The van der Waals surface area contributed by atoms with E-state index >= 15 is 0 Å². The highest BCUT2D eigenvalue weighted by atomic mass is 32.2. The molecule has 5 aromatic rings. The normalized spacial score (nSPS) is 12.2. The molecule has 3 aromatic carbocycles. The lowest BCUT2D eigenvalue weighted by atomic mass is 10.2. The van der Waals surface area contributed by atoms with Crippen LogP contribution >= 0.6 is 0 Å². The summed E-state index contributed by atoms with van der Waals surface area (Å²) in [5.74, 6) is -0.0185. The molecular weight excluding hydrogens is 438 g/mol. The Morgan fingerprint density at radius 1 is 0.970 bits per heavy atom. The fourth-order valence-electron chi connectivity index (χ4n) is 3.57. The number of phenolic OH excluding ortho intramolecular Hbond substituents is 1. The molecule has 0 saturated heterocycles. The Morgan fingerprint density at radius 2 is 1.67 bits per heavy atom. The largest absolute Gasteiger partial charge is 0.508 e. The van der Waals surface area contributed by atoms with E-state index in [9.17, 15) is 13.5 Å². The van der Waals surface area contributed by atoms with Crippen molar-refractivity contribution in [1.29, 1.82) is 0 Å². The van der Waals surface area contributed by atoms with Crippen LogP contribution < -0.4 is 5.73 Å². The third kappa shape index (κ3) is 3.58. The van der Waals surface area contributed by atoms with Gasteiger partial charge in [-0.05, 0) is 48.9 Å². The Kier molecular flexibility index (Phi) is 4.83. The maximum atomic E-state index is 13.6. The van der Waals surface area contributed by atoms with Crippen molar-refractivity contribution in [3.8, 4) is 5.75 Å². The minimum Gasteiger partial charge on any atom is -0.508 e. The fraction of sp³-hybridized carbons (Fsp3) is 0.0417. The van der Waals surface area contributed by atoms with E-state index in [1.54, 1.807) is 48.5 Å². The number of aromatic nitrogens is 3. The van der Waals surface area contributed by atoms with E-state index in [0.29, 0.717) is 16.6 Å². The molecule has 0 unspecified atom stereocenters. The molecule has 164 valence electrons. The number of hydrogen-bond donors (Lipinski definition) is 2. The average Bonchev–Trinajstić information content (AvgIpc) is 3.07. The van der Waals surface area contributed by atoms with Gasteiger partial charge in [0.25, 0.3) is 0 Å². The molecule has 0 aliphatic heterocycles. The second-order valence-corrected chi connectivity index (χ2v) is 9.45. The number of nitrogens with two attached hydrogens (primary N) is 1. The van der Waals surface area contributed by atoms with Crippen LogP contribution in [0.3, 0.4) is 0 Å². The van der Waals surface area contributed by atoms with Gasteiger partial charge >= 0.3 is 0 Å². The number of phenols is 1. The van der Waals surface area contributed by atoms with Crippen LogP contribution in [0.15, 0.2) is 87.7 Å². The Morgan fingerprint density at radius 3 is 2.36 bits per heavy atom. The Balaban J connectivity index is 1.79. The van der Waals surface area contributed by atoms with Crippen LogP contribution in [0.5, 0.6) is 5.75 Å². The minimum absolute atomic E-state index is 0.0812. The molecule has 0 saturated carbocycles. The smallest absolute Gasteiger partial charge is 0.212 e. The summed E-state index contributed by atoms with van der Waals surface area (Å²) in [6.45, 7) is 1.88. The van der Waals surface area contributed by atoms with E-state index in [-0.39, 0.29) is 32.5 Å². The standard InChI is InChI=1S/C24H19N5O3S/c1-15-9-11-18(12-10-15)33(31,32)22-21-24(28-20-8-3-2-7-19(20)27-21)29(23(22)25)26-14-16-5-4-6-17(30)13-16/h2-14,30H,25H2,1H3/b26-14+. The highest BCUT2D eigenvalue weighted by molar-refractivity contribution is 7.92. The zero-order chi connectivity index (χ0) is 23.2. The summed E-state index contributed by atoms with van der Waals surface area (Å²) >= 11 is 0. The number of nitrogen functional groups attached to an aromatic ring is 1. The number of anilines is 1. The molecule has 2 heterocycles. The topological polar surface area (TPSA) is 123 Å². The van der Waals surface area contributed by atoms with Crippen molar-refractivity contribution in [2.24, 2.45) is 5.10 Å². The first-order valence-electron chi connectivity index (χ1n) is 10.1.